The van der Waals surface area contributed by atoms with Gasteiger partial charge < -0.3 is 10.5 Å². The standard InChI is InChI=1S/C10H14ClNOS/c1-7(13-2)6-14-10-4-3-8(12)5-9(10)11/h3-5,7H,6,12H2,1-2H3. The van der Waals surface area contributed by atoms with E-state index in [0.29, 0.717) is 10.7 Å². The zero-order valence-corrected chi connectivity index (χ0v) is 9.86. The number of anilines is 1. The molecule has 2 N–H and O–H groups in total. The molecule has 1 rings (SSSR count). The minimum Gasteiger partial charge on any atom is -0.399 e. The van der Waals surface area contributed by atoms with Crippen molar-refractivity contribution in [3.63, 3.8) is 0 Å². The summed E-state index contributed by atoms with van der Waals surface area (Å²) in [5, 5.41) is 0.707. The fourth-order valence-corrected chi connectivity index (χ4v) is 2.17. The summed E-state index contributed by atoms with van der Waals surface area (Å²) in [4.78, 5) is 1.05. The van der Waals surface area contributed by atoms with Crippen LogP contribution in [0.5, 0.6) is 0 Å². The third-order valence-corrected chi connectivity index (χ3v) is 3.56. The van der Waals surface area contributed by atoms with Gasteiger partial charge in [-0.3, -0.25) is 0 Å². The normalized spacial score (nSPS) is 12.8. The number of nitrogens with two attached hydrogens (primary N) is 1. The lowest BCUT2D eigenvalue weighted by Gasteiger charge is -2.09. The van der Waals surface area contributed by atoms with Crippen LogP contribution in [0.2, 0.25) is 5.02 Å². The van der Waals surface area contributed by atoms with Crippen LogP contribution in [0.3, 0.4) is 0 Å². The van der Waals surface area contributed by atoms with Crippen LogP contribution < -0.4 is 5.73 Å². The molecule has 0 saturated carbocycles. The van der Waals surface area contributed by atoms with E-state index in [-0.39, 0.29) is 6.10 Å². The maximum Gasteiger partial charge on any atom is 0.0637 e. The van der Waals surface area contributed by atoms with Gasteiger partial charge in [-0.25, -0.2) is 0 Å². The van der Waals surface area contributed by atoms with E-state index in [4.69, 9.17) is 22.1 Å². The molecular formula is C10H14ClNOS. The van der Waals surface area contributed by atoms with E-state index in [1.165, 1.54) is 0 Å². The molecule has 0 aliphatic carbocycles. The Kier molecular flexibility index (Phi) is 4.58. The van der Waals surface area contributed by atoms with Crippen LogP contribution in [-0.2, 0) is 4.74 Å². The van der Waals surface area contributed by atoms with Crippen molar-refractivity contribution in [2.75, 3.05) is 18.6 Å². The maximum atomic E-state index is 6.01. The van der Waals surface area contributed by atoms with Gasteiger partial charge in [-0.05, 0) is 25.1 Å². The van der Waals surface area contributed by atoms with Crippen LogP contribution in [0, 0.1) is 0 Å². The minimum absolute atomic E-state index is 0.230. The number of benzene rings is 1. The summed E-state index contributed by atoms with van der Waals surface area (Å²) >= 11 is 7.69. The molecule has 1 aromatic carbocycles. The zero-order valence-electron chi connectivity index (χ0n) is 8.29. The van der Waals surface area contributed by atoms with Crippen LogP contribution in [0.1, 0.15) is 6.92 Å². The molecule has 0 spiro atoms. The summed E-state index contributed by atoms with van der Waals surface area (Å²) < 4.78 is 5.15. The number of hydrogen-bond donors (Lipinski definition) is 1. The fraction of sp³-hybridized carbons (Fsp3) is 0.400. The van der Waals surface area contributed by atoms with Crippen LogP contribution in [0.15, 0.2) is 23.1 Å². The molecule has 0 aliphatic rings. The van der Waals surface area contributed by atoms with Crippen LogP contribution in [0.25, 0.3) is 0 Å². The lowest BCUT2D eigenvalue weighted by atomic mass is 10.3. The third kappa shape index (κ3) is 3.40. The first-order chi connectivity index (χ1) is 6.63. The molecular weight excluding hydrogens is 218 g/mol. The molecule has 0 saturated heterocycles. The number of rotatable bonds is 4. The first-order valence-electron chi connectivity index (χ1n) is 4.34. The Morgan fingerprint density at radius 1 is 1.57 bits per heavy atom. The Hall–Kier alpha value is -0.380. The molecule has 78 valence electrons. The lowest BCUT2D eigenvalue weighted by molar-refractivity contribution is 0.138. The molecule has 0 aromatic heterocycles. The number of hydrogen-bond acceptors (Lipinski definition) is 3. The molecule has 14 heavy (non-hydrogen) atoms. The highest BCUT2D eigenvalue weighted by molar-refractivity contribution is 7.99. The number of thioether (sulfide) groups is 1. The SMILES string of the molecule is COC(C)CSc1ccc(N)cc1Cl. The van der Waals surface area contributed by atoms with E-state index in [1.807, 2.05) is 19.1 Å². The van der Waals surface area contributed by atoms with Gasteiger partial charge in [0.15, 0.2) is 0 Å². The Bertz CT molecular complexity index is 306. The number of nitrogen functional groups attached to an aromatic ring is 1. The van der Waals surface area contributed by atoms with Crippen molar-refractivity contribution in [1.82, 2.24) is 0 Å². The van der Waals surface area contributed by atoms with E-state index in [2.05, 4.69) is 0 Å². The first-order valence-corrected chi connectivity index (χ1v) is 5.70. The average molecular weight is 232 g/mol. The Morgan fingerprint density at radius 3 is 2.86 bits per heavy atom. The van der Waals surface area contributed by atoms with Gasteiger partial charge in [-0.2, -0.15) is 0 Å². The Labute approximate surface area is 93.8 Å². The number of halogens is 1. The molecule has 0 radical (unpaired) electrons. The van der Waals surface area contributed by atoms with E-state index in [0.717, 1.165) is 10.6 Å². The second-order valence-electron chi connectivity index (χ2n) is 3.05. The third-order valence-electron chi connectivity index (χ3n) is 1.83. The highest BCUT2D eigenvalue weighted by atomic mass is 35.5. The van der Waals surface area contributed by atoms with Crippen molar-refractivity contribution >= 4 is 29.1 Å². The van der Waals surface area contributed by atoms with Crippen molar-refractivity contribution in [2.24, 2.45) is 0 Å². The first kappa shape index (κ1) is 11.7. The second kappa shape index (κ2) is 5.49. The molecule has 0 amide bonds. The van der Waals surface area contributed by atoms with Gasteiger partial charge in [0.25, 0.3) is 0 Å². The summed E-state index contributed by atoms with van der Waals surface area (Å²) in [7, 11) is 1.70. The van der Waals surface area contributed by atoms with E-state index in [1.54, 1.807) is 24.9 Å². The Morgan fingerprint density at radius 2 is 2.29 bits per heavy atom. The Balaban J connectivity index is 2.59. The molecule has 0 fully saturated rings. The van der Waals surface area contributed by atoms with Gasteiger partial charge in [0, 0.05) is 23.4 Å². The van der Waals surface area contributed by atoms with Crippen LogP contribution in [-0.4, -0.2) is 19.0 Å². The van der Waals surface area contributed by atoms with Crippen molar-refractivity contribution in [2.45, 2.75) is 17.9 Å². The highest BCUT2D eigenvalue weighted by Gasteiger charge is 2.04. The zero-order chi connectivity index (χ0) is 10.6. The van der Waals surface area contributed by atoms with Gasteiger partial charge in [0.05, 0.1) is 11.1 Å². The maximum absolute atomic E-state index is 6.01. The van der Waals surface area contributed by atoms with Crippen LogP contribution >= 0.6 is 23.4 Å². The van der Waals surface area contributed by atoms with Crippen molar-refractivity contribution in [3.8, 4) is 0 Å². The van der Waals surface area contributed by atoms with Gasteiger partial charge in [-0.1, -0.05) is 11.6 Å². The molecule has 4 heteroatoms. The molecule has 1 unspecified atom stereocenters. The molecule has 0 heterocycles. The fourth-order valence-electron chi connectivity index (χ4n) is 0.909. The van der Waals surface area contributed by atoms with E-state index in [9.17, 15) is 0 Å². The summed E-state index contributed by atoms with van der Waals surface area (Å²) in [5.74, 6) is 0.889. The van der Waals surface area contributed by atoms with Gasteiger partial charge >= 0.3 is 0 Å². The van der Waals surface area contributed by atoms with Gasteiger partial charge in [0.2, 0.25) is 0 Å². The molecule has 1 aromatic rings. The number of methoxy groups -OCH3 is 1. The lowest BCUT2D eigenvalue weighted by Crippen LogP contribution is -2.07. The summed E-state index contributed by atoms with van der Waals surface area (Å²) in [6, 6.07) is 5.55. The smallest absolute Gasteiger partial charge is 0.0637 e. The van der Waals surface area contributed by atoms with E-state index < -0.39 is 0 Å². The topological polar surface area (TPSA) is 35.2 Å². The average Bonchev–Trinajstić information content (AvgIpc) is 2.16. The highest BCUT2D eigenvalue weighted by Crippen LogP contribution is 2.29. The summed E-state index contributed by atoms with van der Waals surface area (Å²) in [6.07, 6.45) is 0.230. The molecule has 0 aliphatic heterocycles. The summed E-state index contributed by atoms with van der Waals surface area (Å²) in [6.45, 7) is 2.03. The second-order valence-corrected chi connectivity index (χ2v) is 4.52. The number of ether oxygens (including phenoxy) is 1. The summed E-state index contributed by atoms with van der Waals surface area (Å²) in [5.41, 5.74) is 6.28. The van der Waals surface area contributed by atoms with Crippen molar-refractivity contribution in [3.05, 3.63) is 23.2 Å². The predicted octanol–water partition coefficient (Wildman–Crippen LogP) is 3.05. The molecule has 0 bridgehead atoms. The molecule has 1 atom stereocenters. The van der Waals surface area contributed by atoms with Crippen LogP contribution in [0.4, 0.5) is 5.69 Å². The predicted molar refractivity (Wildman–Crippen MR) is 63.1 cm³/mol. The largest absolute Gasteiger partial charge is 0.399 e. The van der Waals surface area contributed by atoms with Gasteiger partial charge in [0.1, 0.15) is 0 Å². The van der Waals surface area contributed by atoms with Crippen molar-refractivity contribution < 1.29 is 4.74 Å². The minimum atomic E-state index is 0.230. The van der Waals surface area contributed by atoms with Crippen molar-refractivity contribution in [1.29, 1.82) is 0 Å². The quantitative estimate of drug-likeness (QED) is 0.639. The molecule has 2 nitrogen and oxygen atoms in total. The van der Waals surface area contributed by atoms with Gasteiger partial charge in [-0.15, -0.1) is 11.8 Å². The van der Waals surface area contributed by atoms with E-state index >= 15 is 0 Å². The monoisotopic (exact) mass is 231 g/mol.